The second kappa shape index (κ2) is 4.49. The molecule has 0 bridgehead atoms. The molecule has 2 nitrogen and oxygen atoms in total. The molecule has 0 saturated heterocycles. The van der Waals surface area contributed by atoms with Gasteiger partial charge in [-0.25, -0.2) is 0 Å². The molecule has 1 aromatic carbocycles. The standard InChI is InChI=1S/C13H16O2/c1-10(11-5-3-2-4-6-11)13-9-12(14)7-8-15-13/h2-8,10,12-14H,9H2,1H3/t10-,12-,13-/m0/s1. The zero-order chi connectivity index (χ0) is 10.7. The summed E-state index contributed by atoms with van der Waals surface area (Å²) < 4.78 is 5.52. The molecule has 80 valence electrons. The molecule has 2 rings (SSSR count). The Morgan fingerprint density at radius 2 is 2.07 bits per heavy atom. The SMILES string of the molecule is C[C@@H](c1ccccc1)[C@@H]1C[C@@H](O)C=CO1. The zero-order valence-electron chi connectivity index (χ0n) is 8.84. The fourth-order valence-electron chi connectivity index (χ4n) is 1.90. The van der Waals surface area contributed by atoms with Crippen molar-refractivity contribution >= 4 is 0 Å². The monoisotopic (exact) mass is 204 g/mol. The highest BCUT2D eigenvalue weighted by Crippen LogP contribution is 2.26. The topological polar surface area (TPSA) is 29.5 Å². The number of rotatable bonds is 2. The lowest BCUT2D eigenvalue weighted by atomic mass is 9.91. The van der Waals surface area contributed by atoms with Crippen molar-refractivity contribution < 1.29 is 9.84 Å². The van der Waals surface area contributed by atoms with E-state index in [1.807, 2.05) is 18.2 Å². The van der Waals surface area contributed by atoms with Gasteiger partial charge in [-0.05, 0) is 11.6 Å². The van der Waals surface area contributed by atoms with Crippen LogP contribution in [0.3, 0.4) is 0 Å². The first-order valence-corrected chi connectivity index (χ1v) is 5.32. The van der Waals surface area contributed by atoms with Crippen LogP contribution < -0.4 is 0 Å². The average Bonchev–Trinajstić information content (AvgIpc) is 2.29. The van der Waals surface area contributed by atoms with Gasteiger partial charge in [-0.1, -0.05) is 37.3 Å². The van der Waals surface area contributed by atoms with Gasteiger partial charge < -0.3 is 9.84 Å². The highest BCUT2D eigenvalue weighted by molar-refractivity contribution is 5.20. The van der Waals surface area contributed by atoms with Gasteiger partial charge in [0, 0.05) is 12.3 Å². The highest BCUT2D eigenvalue weighted by Gasteiger charge is 2.24. The van der Waals surface area contributed by atoms with Crippen molar-refractivity contribution in [3.63, 3.8) is 0 Å². The molecule has 1 aliphatic rings. The van der Waals surface area contributed by atoms with E-state index in [0.29, 0.717) is 12.3 Å². The Bertz CT molecular complexity index is 332. The maximum absolute atomic E-state index is 9.51. The summed E-state index contributed by atoms with van der Waals surface area (Å²) in [6, 6.07) is 10.3. The summed E-state index contributed by atoms with van der Waals surface area (Å²) in [5, 5.41) is 9.51. The van der Waals surface area contributed by atoms with Crippen molar-refractivity contribution in [1.29, 1.82) is 0 Å². The minimum Gasteiger partial charge on any atom is -0.498 e. The highest BCUT2D eigenvalue weighted by atomic mass is 16.5. The Labute approximate surface area is 90.2 Å². The molecule has 15 heavy (non-hydrogen) atoms. The third kappa shape index (κ3) is 2.39. The first-order chi connectivity index (χ1) is 7.27. The van der Waals surface area contributed by atoms with E-state index in [1.54, 1.807) is 12.3 Å². The number of aliphatic hydroxyl groups excluding tert-OH is 1. The number of aliphatic hydroxyl groups is 1. The summed E-state index contributed by atoms with van der Waals surface area (Å²) in [5.41, 5.74) is 1.25. The van der Waals surface area contributed by atoms with Crippen LogP contribution in [0.25, 0.3) is 0 Å². The molecule has 1 N–H and O–H groups in total. The van der Waals surface area contributed by atoms with Crippen molar-refractivity contribution in [1.82, 2.24) is 0 Å². The van der Waals surface area contributed by atoms with Crippen molar-refractivity contribution in [3.05, 3.63) is 48.2 Å². The molecule has 0 saturated carbocycles. The number of benzene rings is 1. The summed E-state index contributed by atoms with van der Waals surface area (Å²) in [5.74, 6) is 0.311. The zero-order valence-corrected chi connectivity index (χ0v) is 8.84. The lowest BCUT2D eigenvalue weighted by Gasteiger charge is -2.28. The van der Waals surface area contributed by atoms with Crippen molar-refractivity contribution in [2.24, 2.45) is 0 Å². The van der Waals surface area contributed by atoms with E-state index in [0.717, 1.165) is 0 Å². The van der Waals surface area contributed by atoms with E-state index in [2.05, 4.69) is 19.1 Å². The number of hydrogen-bond acceptors (Lipinski definition) is 2. The predicted molar refractivity (Wildman–Crippen MR) is 59.5 cm³/mol. The average molecular weight is 204 g/mol. The van der Waals surface area contributed by atoms with Crippen LogP contribution in [0, 0.1) is 0 Å². The normalized spacial score (nSPS) is 27.1. The summed E-state index contributed by atoms with van der Waals surface area (Å²) in [4.78, 5) is 0. The van der Waals surface area contributed by atoms with Crippen LogP contribution in [-0.4, -0.2) is 17.3 Å². The van der Waals surface area contributed by atoms with Crippen LogP contribution in [0.15, 0.2) is 42.7 Å². The van der Waals surface area contributed by atoms with E-state index in [-0.39, 0.29) is 12.2 Å². The van der Waals surface area contributed by atoms with Crippen LogP contribution in [0.1, 0.15) is 24.8 Å². The van der Waals surface area contributed by atoms with Gasteiger partial charge in [-0.2, -0.15) is 0 Å². The molecule has 0 unspecified atom stereocenters. The second-order valence-electron chi connectivity index (χ2n) is 4.01. The predicted octanol–water partition coefficient (Wildman–Crippen LogP) is 2.45. The fraction of sp³-hybridized carbons (Fsp3) is 0.385. The molecule has 0 amide bonds. The number of hydrogen-bond donors (Lipinski definition) is 1. The first-order valence-electron chi connectivity index (χ1n) is 5.32. The Hall–Kier alpha value is -1.28. The Balaban J connectivity index is 2.08. The maximum atomic E-state index is 9.51. The molecule has 2 heteroatoms. The van der Waals surface area contributed by atoms with E-state index >= 15 is 0 Å². The van der Waals surface area contributed by atoms with Gasteiger partial charge in [-0.15, -0.1) is 0 Å². The molecule has 0 fully saturated rings. The van der Waals surface area contributed by atoms with Gasteiger partial charge in [0.2, 0.25) is 0 Å². The molecule has 1 aliphatic heterocycles. The van der Waals surface area contributed by atoms with E-state index in [4.69, 9.17) is 4.74 Å². The lowest BCUT2D eigenvalue weighted by molar-refractivity contribution is 0.0502. The molecule has 1 aromatic rings. The molecular formula is C13H16O2. The van der Waals surface area contributed by atoms with E-state index in [1.165, 1.54) is 5.56 Å². The summed E-state index contributed by atoms with van der Waals surface area (Å²) in [6.45, 7) is 2.13. The lowest BCUT2D eigenvalue weighted by Crippen LogP contribution is -2.26. The minimum absolute atomic E-state index is 0.0763. The fourth-order valence-corrected chi connectivity index (χ4v) is 1.90. The number of ether oxygens (including phenoxy) is 1. The van der Waals surface area contributed by atoms with Gasteiger partial charge in [0.25, 0.3) is 0 Å². The third-order valence-corrected chi connectivity index (χ3v) is 2.91. The van der Waals surface area contributed by atoms with Crippen molar-refractivity contribution in [2.45, 2.75) is 31.5 Å². The second-order valence-corrected chi connectivity index (χ2v) is 4.01. The molecular weight excluding hydrogens is 188 g/mol. The molecule has 0 aromatic heterocycles. The molecule has 0 spiro atoms. The first kappa shape index (κ1) is 10.2. The van der Waals surface area contributed by atoms with Crippen molar-refractivity contribution in [2.75, 3.05) is 0 Å². The van der Waals surface area contributed by atoms with Crippen LogP contribution >= 0.6 is 0 Å². The van der Waals surface area contributed by atoms with Crippen molar-refractivity contribution in [3.8, 4) is 0 Å². The summed E-state index contributed by atoms with van der Waals surface area (Å²) >= 11 is 0. The summed E-state index contributed by atoms with van der Waals surface area (Å²) in [6.07, 6.45) is 3.68. The minimum atomic E-state index is -0.366. The van der Waals surface area contributed by atoms with Gasteiger partial charge in [-0.3, -0.25) is 0 Å². The van der Waals surface area contributed by atoms with Gasteiger partial charge >= 0.3 is 0 Å². The molecule has 3 atom stereocenters. The Morgan fingerprint density at radius 3 is 2.73 bits per heavy atom. The maximum Gasteiger partial charge on any atom is 0.107 e. The van der Waals surface area contributed by atoms with Crippen LogP contribution in [-0.2, 0) is 4.74 Å². The van der Waals surface area contributed by atoms with E-state index < -0.39 is 0 Å². The van der Waals surface area contributed by atoms with Gasteiger partial charge in [0.1, 0.15) is 6.10 Å². The largest absolute Gasteiger partial charge is 0.498 e. The van der Waals surface area contributed by atoms with Crippen LogP contribution in [0.4, 0.5) is 0 Å². The quantitative estimate of drug-likeness (QED) is 0.801. The van der Waals surface area contributed by atoms with Crippen LogP contribution in [0.2, 0.25) is 0 Å². The van der Waals surface area contributed by atoms with Gasteiger partial charge in [0.15, 0.2) is 0 Å². The van der Waals surface area contributed by atoms with Crippen LogP contribution in [0.5, 0.6) is 0 Å². The smallest absolute Gasteiger partial charge is 0.107 e. The molecule has 0 aliphatic carbocycles. The Kier molecular flexibility index (Phi) is 3.07. The third-order valence-electron chi connectivity index (χ3n) is 2.91. The molecule has 1 heterocycles. The van der Waals surface area contributed by atoms with E-state index in [9.17, 15) is 5.11 Å². The van der Waals surface area contributed by atoms with Gasteiger partial charge in [0.05, 0.1) is 12.4 Å². The Morgan fingerprint density at radius 1 is 1.33 bits per heavy atom. The summed E-state index contributed by atoms with van der Waals surface area (Å²) in [7, 11) is 0. The molecule has 0 radical (unpaired) electrons.